The van der Waals surface area contributed by atoms with Gasteiger partial charge in [0.05, 0.1) is 0 Å². The number of Topliss-reactive ketones (excluding diaryl/α,β-unsaturated/α-hetero) is 1. The fraction of sp³-hybridized carbons (Fsp3) is 0.400. The third kappa shape index (κ3) is 4.02. The number of hydrogen-bond acceptors (Lipinski definition) is 3. The van der Waals surface area contributed by atoms with Crippen LogP contribution in [-0.2, 0) is 4.79 Å². The van der Waals surface area contributed by atoms with E-state index in [-0.39, 0.29) is 23.5 Å². The molecule has 2 aliphatic heterocycles. The second-order valence-corrected chi connectivity index (χ2v) is 8.44. The number of amides is 2. The van der Waals surface area contributed by atoms with E-state index in [0.29, 0.717) is 37.9 Å². The predicted octanol–water partition coefficient (Wildman–Crippen LogP) is 4.17. The number of ketones is 1. The van der Waals surface area contributed by atoms with Gasteiger partial charge in [-0.1, -0.05) is 23.8 Å². The van der Waals surface area contributed by atoms with Crippen LogP contribution in [0.1, 0.15) is 57.5 Å². The molecule has 2 aromatic carbocycles. The lowest BCUT2D eigenvalue weighted by molar-refractivity contribution is -0.117. The van der Waals surface area contributed by atoms with Crippen molar-refractivity contribution in [1.29, 1.82) is 0 Å². The molecule has 30 heavy (non-hydrogen) atoms. The third-order valence-corrected chi connectivity index (χ3v) is 6.30. The summed E-state index contributed by atoms with van der Waals surface area (Å²) in [5.41, 5.74) is 4.47. The molecule has 2 fully saturated rings. The van der Waals surface area contributed by atoms with Gasteiger partial charge in [0, 0.05) is 48.8 Å². The second kappa shape index (κ2) is 8.42. The molecule has 0 unspecified atom stereocenters. The van der Waals surface area contributed by atoms with Crippen molar-refractivity contribution in [2.75, 3.05) is 24.5 Å². The number of rotatable bonds is 4. The molecule has 0 aromatic heterocycles. The van der Waals surface area contributed by atoms with E-state index in [0.717, 1.165) is 35.3 Å². The van der Waals surface area contributed by atoms with Crippen LogP contribution in [0.2, 0.25) is 0 Å². The minimum absolute atomic E-state index is 0.00767. The van der Waals surface area contributed by atoms with Crippen LogP contribution in [-0.4, -0.2) is 42.1 Å². The number of carbonyl (C=O) groups excluding carboxylic acids is 3. The smallest absolute Gasteiger partial charge is 0.253 e. The number of nitrogens with zero attached hydrogens (tertiary/aromatic N) is 2. The highest BCUT2D eigenvalue weighted by atomic mass is 16.2. The number of hydrogen-bond donors (Lipinski definition) is 0. The lowest BCUT2D eigenvalue weighted by atomic mass is 9.87. The van der Waals surface area contributed by atoms with Gasteiger partial charge in [0.15, 0.2) is 5.78 Å². The summed E-state index contributed by atoms with van der Waals surface area (Å²) in [6.45, 7) is 5.94. The zero-order chi connectivity index (χ0) is 21.3. The molecule has 5 nitrogen and oxygen atoms in total. The molecular formula is C25H28N2O3. The monoisotopic (exact) mass is 404 g/mol. The zero-order valence-corrected chi connectivity index (χ0v) is 17.7. The van der Waals surface area contributed by atoms with Gasteiger partial charge < -0.3 is 9.80 Å². The van der Waals surface area contributed by atoms with E-state index in [1.807, 2.05) is 49.1 Å². The summed E-state index contributed by atoms with van der Waals surface area (Å²) in [7, 11) is 0. The molecule has 0 radical (unpaired) electrons. The van der Waals surface area contributed by atoms with Crippen molar-refractivity contribution in [3.05, 3.63) is 64.7 Å². The van der Waals surface area contributed by atoms with Crippen molar-refractivity contribution in [3.8, 4) is 0 Å². The van der Waals surface area contributed by atoms with E-state index >= 15 is 0 Å². The predicted molar refractivity (Wildman–Crippen MR) is 117 cm³/mol. The van der Waals surface area contributed by atoms with E-state index in [4.69, 9.17) is 0 Å². The maximum atomic E-state index is 12.9. The standard InChI is InChI=1S/C25H28N2O3/c1-17-5-10-22(18(2)16-17)24(29)19-11-14-26(15-12-19)25(30)20-6-8-21(9-7-20)27-13-3-4-23(27)28/h5-10,16,19H,3-4,11-15H2,1-2H3. The fourth-order valence-electron chi connectivity index (χ4n) is 4.54. The molecule has 156 valence electrons. The topological polar surface area (TPSA) is 57.7 Å². The molecule has 0 spiro atoms. The van der Waals surface area contributed by atoms with Gasteiger partial charge in [0.2, 0.25) is 5.91 Å². The Bertz CT molecular complexity index is 972. The maximum Gasteiger partial charge on any atom is 0.253 e. The molecule has 2 aliphatic rings. The van der Waals surface area contributed by atoms with E-state index in [1.165, 1.54) is 0 Å². The van der Waals surface area contributed by atoms with E-state index in [1.54, 1.807) is 17.0 Å². The quantitative estimate of drug-likeness (QED) is 0.719. The van der Waals surface area contributed by atoms with Gasteiger partial charge in [-0.05, 0) is 62.9 Å². The average molecular weight is 405 g/mol. The molecule has 2 aromatic rings. The Labute approximate surface area is 177 Å². The van der Waals surface area contributed by atoms with Gasteiger partial charge in [-0.2, -0.15) is 0 Å². The van der Waals surface area contributed by atoms with Gasteiger partial charge in [-0.3, -0.25) is 14.4 Å². The summed E-state index contributed by atoms with van der Waals surface area (Å²) in [6.07, 6.45) is 2.86. The summed E-state index contributed by atoms with van der Waals surface area (Å²) >= 11 is 0. The van der Waals surface area contributed by atoms with Crippen molar-refractivity contribution >= 4 is 23.3 Å². The van der Waals surface area contributed by atoms with Crippen LogP contribution in [0, 0.1) is 19.8 Å². The average Bonchev–Trinajstić information content (AvgIpc) is 3.19. The summed E-state index contributed by atoms with van der Waals surface area (Å²) in [5.74, 6) is 0.301. The first-order chi connectivity index (χ1) is 14.4. The molecule has 2 heterocycles. The van der Waals surface area contributed by atoms with Crippen molar-refractivity contribution < 1.29 is 14.4 Å². The summed E-state index contributed by atoms with van der Waals surface area (Å²) in [4.78, 5) is 41.3. The van der Waals surface area contributed by atoms with Gasteiger partial charge in [0.1, 0.15) is 0 Å². The van der Waals surface area contributed by atoms with E-state index in [2.05, 4.69) is 0 Å². The highest BCUT2D eigenvalue weighted by Crippen LogP contribution is 2.26. The van der Waals surface area contributed by atoms with Crippen molar-refractivity contribution in [1.82, 2.24) is 4.90 Å². The highest BCUT2D eigenvalue weighted by Gasteiger charge is 2.29. The molecule has 0 saturated carbocycles. The van der Waals surface area contributed by atoms with Crippen LogP contribution in [0.5, 0.6) is 0 Å². The first-order valence-electron chi connectivity index (χ1n) is 10.8. The van der Waals surface area contributed by atoms with Gasteiger partial charge >= 0.3 is 0 Å². The minimum atomic E-state index is -0.0287. The largest absolute Gasteiger partial charge is 0.339 e. The molecule has 0 aliphatic carbocycles. The van der Waals surface area contributed by atoms with Crippen LogP contribution in [0.15, 0.2) is 42.5 Å². The third-order valence-electron chi connectivity index (χ3n) is 6.30. The van der Waals surface area contributed by atoms with Crippen LogP contribution in [0.4, 0.5) is 5.69 Å². The molecule has 0 atom stereocenters. The van der Waals surface area contributed by atoms with E-state index in [9.17, 15) is 14.4 Å². The number of carbonyl (C=O) groups is 3. The maximum absolute atomic E-state index is 12.9. The van der Waals surface area contributed by atoms with Gasteiger partial charge in [0.25, 0.3) is 5.91 Å². The Morgan fingerprint density at radius 2 is 1.63 bits per heavy atom. The zero-order valence-electron chi connectivity index (χ0n) is 17.7. The van der Waals surface area contributed by atoms with Crippen LogP contribution >= 0.6 is 0 Å². The van der Waals surface area contributed by atoms with Gasteiger partial charge in [-0.25, -0.2) is 0 Å². The number of piperidine rings is 1. The summed E-state index contributed by atoms with van der Waals surface area (Å²) < 4.78 is 0. The first-order valence-corrected chi connectivity index (χ1v) is 10.8. The Balaban J connectivity index is 1.37. The summed E-state index contributed by atoms with van der Waals surface area (Å²) in [5, 5.41) is 0. The van der Waals surface area contributed by atoms with E-state index < -0.39 is 0 Å². The highest BCUT2D eigenvalue weighted by molar-refractivity contribution is 6.00. The van der Waals surface area contributed by atoms with Crippen molar-refractivity contribution in [3.63, 3.8) is 0 Å². The fourth-order valence-corrected chi connectivity index (χ4v) is 4.54. The molecule has 2 amide bonds. The molecule has 5 heteroatoms. The van der Waals surface area contributed by atoms with Crippen LogP contribution in [0.3, 0.4) is 0 Å². The van der Waals surface area contributed by atoms with Crippen molar-refractivity contribution in [2.24, 2.45) is 5.92 Å². The summed E-state index contributed by atoms with van der Waals surface area (Å²) in [6, 6.07) is 13.3. The molecule has 2 saturated heterocycles. The molecule has 4 rings (SSSR count). The van der Waals surface area contributed by atoms with Crippen molar-refractivity contribution in [2.45, 2.75) is 39.5 Å². The SMILES string of the molecule is Cc1ccc(C(=O)C2CCN(C(=O)c3ccc(N4CCCC4=O)cc3)CC2)c(C)c1. The number of likely N-dealkylation sites (tertiary alicyclic amines) is 1. The van der Waals surface area contributed by atoms with Crippen LogP contribution in [0.25, 0.3) is 0 Å². The number of benzene rings is 2. The minimum Gasteiger partial charge on any atom is -0.339 e. The molecule has 0 bridgehead atoms. The Kier molecular flexibility index (Phi) is 5.71. The Morgan fingerprint density at radius 1 is 0.933 bits per heavy atom. The second-order valence-electron chi connectivity index (χ2n) is 8.44. The lowest BCUT2D eigenvalue weighted by Gasteiger charge is -2.31. The Morgan fingerprint density at radius 3 is 2.23 bits per heavy atom. The normalized spacial score (nSPS) is 17.5. The van der Waals surface area contributed by atoms with Gasteiger partial charge in [-0.15, -0.1) is 0 Å². The Hall–Kier alpha value is -2.95. The molecule has 0 N–H and O–H groups in total. The lowest BCUT2D eigenvalue weighted by Crippen LogP contribution is -2.40. The molecular weight excluding hydrogens is 376 g/mol. The first kappa shape index (κ1) is 20.3. The number of anilines is 1. The number of aryl methyl sites for hydroxylation is 2. The van der Waals surface area contributed by atoms with Crippen LogP contribution < -0.4 is 4.90 Å².